The van der Waals surface area contributed by atoms with Crippen molar-refractivity contribution in [3.63, 3.8) is 0 Å². The van der Waals surface area contributed by atoms with Gasteiger partial charge in [-0.05, 0) is 50.8 Å². The molecule has 20 heavy (non-hydrogen) atoms. The molecule has 0 spiro atoms. The lowest BCUT2D eigenvalue weighted by Gasteiger charge is -2.30. The molecule has 2 aromatic rings. The van der Waals surface area contributed by atoms with Crippen molar-refractivity contribution in [3.05, 3.63) is 29.6 Å². The first kappa shape index (κ1) is 13.1. The molecule has 1 unspecified atom stereocenters. The lowest BCUT2D eigenvalue weighted by atomic mass is 9.95. The molecule has 3 rings (SSSR count). The van der Waals surface area contributed by atoms with Gasteiger partial charge in [0.15, 0.2) is 0 Å². The molecule has 1 aliphatic rings. The number of aromatic nitrogens is 2. The van der Waals surface area contributed by atoms with E-state index in [2.05, 4.69) is 10.1 Å². The fourth-order valence-corrected chi connectivity index (χ4v) is 2.44. The molecular weight excluding hydrogens is 254 g/mol. The average Bonchev–Trinajstić information content (AvgIpc) is 2.93. The SMILES string of the molecule is Cc1ccc(-c2nc(C3(C)CCCCO3)no2)cc1N. The highest BCUT2D eigenvalue weighted by molar-refractivity contribution is 5.62. The summed E-state index contributed by atoms with van der Waals surface area (Å²) < 4.78 is 11.2. The summed E-state index contributed by atoms with van der Waals surface area (Å²) >= 11 is 0. The van der Waals surface area contributed by atoms with E-state index in [-0.39, 0.29) is 0 Å². The summed E-state index contributed by atoms with van der Waals surface area (Å²) in [4.78, 5) is 4.49. The normalized spacial score (nSPS) is 22.9. The molecule has 1 aromatic carbocycles. The molecule has 1 saturated heterocycles. The van der Waals surface area contributed by atoms with E-state index in [1.54, 1.807) is 0 Å². The van der Waals surface area contributed by atoms with Crippen LogP contribution >= 0.6 is 0 Å². The average molecular weight is 273 g/mol. The Hall–Kier alpha value is -1.88. The van der Waals surface area contributed by atoms with Crippen molar-refractivity contribution >= 4 is 5.69 Å². The zero-order chi connectivity index (χ0) is 14.2. The molecule has 2 N–H and O–H groups in total. The van der Waals surface area contributed by atoms with Gasteiger partial charge in [0.05, 0.1) is 0 Å². The van der Waals surface area contributed by atoms with Crippen molar-refractivity contribution in [2.24, 2.45) is 0 Å². The van der Waals surface area contributed by atoms with Gasteiger partial charge in [-0.2, -0.15) is 4.98 Å². The van der Waals surface area contributed by atoms with E-state index in [1.165, 1.54) is 0 Å². The molecular formula is C15H19N3O2. The first-order valence-corrected chi connectivity index (χ1v) is 6.93. The Morgan fingerprint density at radius 3 is 2.85 bits per heavy atom. The van der Waals surface area contributed by atoms with E-state index in [9.17, 15) is 0 Å². The summed E-state index contributed by atoms with van der Waals surface area (Å²) in [6, 6.07) is 5.75. The molecule has 1 aliphatic heterocycles. The lowest BCUT2D eigenvalue weighted by molar-refractivity contribution is -0.0770. The van der Waals surface area contributed by atoms with E-state index in [0.29, 0.717) is 11.7 Å². The predicted octanol–water partition coefficient (Wildman–Crippen LogP) is 3.04. The summed E-state index contributed by atoms with van der Waals surface area (Å²) in [6.45, 7) is 4.73. The third-order valence-electron chi connectivity index (χ3n) is 3.89. The van der Waals surface area contributed by atoms with Gasteiger partial charge >= 0.3 is 0 Å². The summed E-state index contributed by atoms with van der Waals surface area (Å²) in [5.74, 6) is 1.11. The number of anilines is 1. The van der Waals surface area contributed by atoms with Crippen molar-refractivity contribution < 1.29 is 9.26 Å². The number of hydrogen-bond acceptors (Lipinski definition) is 5. The van der Waals surface area contributed by atoms with Crippen molar-refractivity contribution in [2.75, 3.05) is 12.3 Å². The Morgan fingerprint density at radius 2 is 2.15 bits per heavy atom. The summed E-state index contributed by atoms with van der Waals surface area (Å²) in [5.41, 5.74) is 8.09. The Labute approximate surface area is 118 Å². The molecule has 5 nitrogen and oxygen atoms in total. The minimum Gasteiger partial charge on any atom is -0.398 e. The van der Waals surface area contributed by atoms with Crippen LogP contribution in [0.2, 0.25) is 0 Å². The monoisotopic (exact) mass is 273 g/mol. The number of benzene rings is 1. The molecule has 1 fully saturated rings. The lowest BCUT2D eigenvalue weighted by Crippen LogP contribution is -2.31. The van der Waals surface area contributed by atoms with Gasteiger partial charge in [0, 0.05) is 17.9 Å². The van der Waals surface area contributed by atoms with Gasteiger partial charge in [-0.15, -0.1) is 0 Å². The number of ether oxygens (including phenoxy) is 1. The van der Waals surface area contributed by atoms with Crippen LogP contribution in [0.1, 0.15) is 37.6 Å². The standard InChI is InChI=1S/C15H19N3O2/c1-10-5-6-11(9-12(10)16)13-17-14(18-20-13)15(2)7-3-4-8-19-15/h5-6,9H,3-4,7-8,16H2,1-2H3. The minimum absolute atomic E-state index is 0.434. The maximum atomic E-state index is 5.92. The molecule has 0 saturated carbocycles. The highest BCUT2D eigenvalue weighted by Crippen LogP contribution is 2.34. The number of nitrogens with two attached hydrogens (primary N) is 1. The Balaban J connectivity index is 1.91. The van der Waals surface area contributed by atoms with Crippen molar-refractivity contribution in [1.29, 1.82) is 0 Å². The zero-order valence-corrected chi connectivity index (χ0v) is 11.8. The second-order valence-corrected chi connectivity index (χ2v) is 5.53. The van der Waals surface area contributed by atoms with Crippen LogP contribution < -0.4 is 5.73 Å². The van der Waals surface area contributed by atoms with E-state index in [1.807, 2.05) is 32.0 Å². The molecule has 106 valence electrons. The molecule has 1 aromatic heterocycles. The largest absolute Gasteiger partial charge is 0.398 e. The predicted molar refractivity (Wildman–Crippen MR) is 76.0 cm³/mol. The molecule has 1 atom stereocenters. The molecule has 0 amide bonds. The molecule has 0 radical (unpaired) electrons. The van der Waals surface area contributed by atoms with Crippen LogP contribution in [0.4, 0.5) is 5.69 Å². The second kappa shape index (κ2) is 4.90. The smallest absolute Gasteiger partial charge is 0.258 e. The first-order valence-electron chi connectivity index (χ1n) is 6.93. The van der Waals surface area contributed by atoms with Crippen LogP contribution in [-0.4, -0.2) is 16.7 Å². The van der Waals surface area contributed by atoms with Gasteiger partial charge in [-0.25, -0.2) is 0 Å². The topological polar surface area (TPSA) is 74.2 Å². The Bertz CT molecular complexity index is 615. The molecule has 0 bridgehead atoms. The van der Waals surface area contributed by atoms with Crippen LogP contribution in [-0.2, 0) is 10.3 Å². The highest BCUT2D eigenvalue weighted by atomic mass is 16.5. The first-order chi connectivity index (χ1) is 9.58. The van der Waals surface area contributed by atoms with Gasteiger partial charge in [0.25, 0.3) is 5.89 Å². The van der Waals surface area contributed by atoms with Crippen molar-refractivity contribution in [2.45, 2.75) is 38.7 Å². The van der Waals surface area contributed by atoms with Crippen LogP contribution in [0.3, 0.4) is 0 Å². The second-order valence-electron chi connectivity index (χ2n) is 5.53. The number of nitrogen functional groups attached to an aromatic ring is 1. The summed E-state index contributed by atoms with van der Waals surface area (Å²) in [5, 5.41) is 4.09. The Kier molecular flexibility index (Phi) is 3.22. The number of hydrogen-bond donors (Lipinski definition) is 1. The van der Waals surface area contributed by atoms with Gasteiger partial charge in [-0.3, -0.25) is 0 Å². The van der Waals surface area contributed by atoms with Crippen LogP contribution in [0.15, 0.2) is 22.7 Å². The van der Waals surface area contributed by atoms with Crippen molar-refractivity contribution in [1.82, 2.24) is 10.1 Å². The molecule has 0 aliphatic carbocycles. The maximum absolute atomic E-state index is 5.92. The van der Waals surface area contributed by atoms with E-state index >= 15 is 0 Å². The van der Waals surface area contributed by atoms with Crippen LogP contribution in [0.25, 0.3) is 11.5 Å². The number of aryl methyl sites for hydroxylation is 1. The van der Waals surface area contributed by atoms with E-state index in [4.69, 9.17) is 15.0 Å². The third kappa shape index (κ3) is 2.29. The van der Waals surface area contributed by atoms with Gasteiger partial charge in [0.2, 0.25) is 5.82 Å². The van der Waals surface area contributed by atoms with Gasteiger partial charge < -0.3 is 15.0 Å². The van der Waals surface area contributed by atoms with Gasteiger partial charge in [-0.1, -0.05) is 11.2 Å². The van der Waals surface area contributed by atoms with E-state index < -0.39 is 5.60 Å². The Morgan fingerprint density at radius 1 is 1.30 bits per heavy atom. The molecule has 2 heterocycles. The van der Waals surface area contributed by atoms with Gasteiger partial charge in [0.1, 0.15) is 5.60 Å². The number of rotatable bonds is 2. The fraction of sp³-hybridized carbons (Fsp3) is 0.467. The summed E-state index contributed by atoms with van der Waals surface area (Å²) in [7, 11) is 0. The van der Waals surface area contributed by atoms with Crippen LogP contribution in [0, 0.1) is 6.92 Å². The maximum Gasteiger partial charge on any atom is 0.258 e. The quantitative estimate of drug-likeness (QED) is 0.851. The van der Waals surface area contributed by atoms with Crippen molar-refractivity contribution in [3.8, 4) is 11.5 Å². The fourth-order valence-electron chi connectivity index (χ4n) is 2.44. The minimum atomic E-state index is -0.434. The highest BCUT2D eigenvalue weighted by Gasteiger charge is 2.35. The number of nitrogens with zero attached hydrogens (tertiary/aromatic N) is 2. The summed E-state index contributed by atoms with van der Waals surface area (Å²) in [6.07, 6.45) is 3.13. The van der Waals surface area contributed by atoms with E-state index in [0.717, 1.165) is 42.7 Å². The molecule has 5 heteroatoms. The zero-order valence-electron chi connectivity index (χ0n) is 11.8. The van der Waals surface area contributed by atoms with Crippen LogP contribution in [0.5, 0.6) is 0 Å². The third-order valence-corrected chi connectivity index (χ3v) is 3.89.